The average molecular weight is 348 g/mol. The molecular formula is C14H20O10. The summed E-state index contributed by atoms with van der Waals surface area (Å²) in [6, 6.07) is 0. The summed E-state index contributed by atoms with van der Waals surface area (Å²) in [6.45, 7) is 4.09. The molecule has 1 saturated heterocycles. The zero-order valence-electron chi connectivity index (χ0n) is 13.7. The lowest BCUT2D eigenvalue weighted by atomic mass is 9.98. The van der Waals surface area contributed by atoms with Crippen LogP contribution in [0.25, 0.3) is 0 Å². The number of rotatable bonds is 5. The van der Waals surface area contributed by atoms with E-state index in [-0.39, 0.29) is 6.61 Å². The Balaban J connectivity index is 3.11. The maximum atomic E-state index is 11.3. The van der Waals surface area contributed by atoms with Crippen molar-refractivity contribution in [2.24, 2.45) is 0 Å². The minimum absolute atomic E-state index is 0.366. The van der Waals surface area contributed by atoms with Crippen molar-refractivity contribution in [3.05, 3.63) is 0 Å². The largest absolute Gasteiger partial charge is 0.463 e. The Morgan fingerprint density at radius 2 is 1.25 bits per heavy atom. The van der Waals surface area contributed by atoms with E-state index in [2.05, 4.69) is 0 Å². The number of hydrogen-bond donors (Lipinski definition) is 1. The van der Waals surface area contributed by atoms with E-state index in [1.165, 1.54) is 0 Å². The molecule has 1 N–H and O–H groups in total. The quantitative estimate of drug-likeness (QED) is 0.490. The SMILES string of the molecule is CC(=O)OCC1O[C@H](O)C(OC(C)=O)C(OC(C)=O)[C@H]1OC(C)=O. The van der Waals surface area contributed by atoms with Crippen LogP contribution in [-0.2, 0) is 42.9 Å². The minimum atomic E-state index is -1.68. The zero-order valence-corrected chi connectivity index (χ0v) is 13.7. The van der Waals surface area contributed by atoms with E-state index >= 15 is 0 Å². The molecule has 0 radical (unpaired) electrons. The van der Waals surface area contributed by atoms with Crippen LogP contribution in [0.1, 0.15) is 27.7 Å². The second kappa shape index (κ2) is 8.60. The summed E-state index contributed by atoms with van der Waals surface area (Å²) in [5.74, 6) is -2.87. The third kappa shape index (κ3) is 5.78. The number of carbonyl (C=O) groups is 4. The van der Waals surface area contributed by atoms with Crippen LogP contribution in [0.2, 0.25) is 0 Å². The fourth-order valence-electron chi connectivity index (χ4n) is 2.21. The van der Waals surface area contributed by atoms with Gasteiger partial charge >= 0.3 is 23.9 Å². The van der Waals surface area contributed by atoms with Crippen molar-refractivity contribution < 1.29 is 48.0 Å². The third-order valence-corrected chi connectivity index (χ3v) is 2.97. The molecular weight excluding hydrogens is 328 g/mol. The zero-order chi connectivity index (χ0) is 18.4. The normalized spacial score (nSPS) is 29.3. The topological polar surface area (TPSA) is 135 Å². The summed E-state index contributed by atoms with van der Waals surface area (Å²) < 4.78 is 25.0. The Hall–Kier alpha value is -2.20. The van der Waals surface area contributed by atoms with Gasteiger partial charge in [-0.25, -0.2) is 0 Å². The van der Waals surface area contributed by atoms with Gasteiger partial charge in [0.05, 0.1) is 0 Å². The first-order valence-corrected chi connectivity index (χ1v) is 7.10. The molecule has 1 rings (SSSR count). The second-order valence-electron chi connectivity index (χ2n) is 5.09. The van der Waals surface area contributed by atoms with Crippen LogP contribution in [0.3, 0.4) is 0 Å². The van der Waals surface area contributed by atoms with Crippen molar-refractivity contribution in [2.45, 2.75) is 58.4 Å². The van der Waals surface area contributed by atoms with Gasteiger partial charge in [-0.05, 0) is 0 Å². The Morgan fingerprint density at radius 1 is 0.792 bits per heavy atom. The van der Waals surface area contributed by atoms with Crippen LogP contribution in [0.15, 0.2) is 0 Å². The van der Waals surface area contributed by atoms with Crippen LogP contribution in [0.5, 0.6) is 0 Å². The van der Waals surface area contributed by atoms with Gasteiger partial charge in [-0.15, -0.1) is 0 Å². The third-order valence-electron chi connectivity index (χ3n) is 2.97. The molecule has 3 unspecified atom stereocenters. The Bertz CT molecular complexity index is 502. The Morgan fingerprint density at radius 3 is 1.71 bits per heavy atom. The van der Waals surface area contributed by atoms with Crippen LogP contribution in [0.4, 0.5) is 0 Å². The van der Waals surface area contributed by atoms with Crippen molar-refractivity contribution >= 4 is 23.9 Å². The van der Waals surface area contributed by atoms with Gasteiger partial charge in [0.1, 0.15) is 12.7 Å². The van der Waals surface area contributed by atoms with E-state index in [1.54, 1.807) is 0 Å². The summed E-state index contributed by atoms with van der Waals surface area (Å²) in [4.78, 5) is 44.9. The molecule has 0 bridgehead atoms. The van der Waals surface area contributed by atoms with Gasteiger partial charge in [0, 0.05) is 27.7 Å². The van der Waals surface area contributed by atoms with Crippen LogP contribution < -0.4 is 0 Å². The van der Waals surface area contributed by atoms with Crippen molar-refractivity contribution in [3.63, 3.8) is 0 Å². The Labute approximate surface area is 137 Å². The summed E-state index contributed by atoms with van der Waals surface area (Å²) in [5.41, 5.74) is 0. The smallest absolute Gasteiger partial charge is 0.303 e. The summed E-state index contributed by atoms with van der Waals surface area (Å²) in [7, 11) is 0. The number of carbonyl (C=O) groups excluding carboxylic acids is 4. The lowest BCUT2D eigenvalue weighted by molar-refractivity contribution is -0.296. The molecule has 0 aromatic heterocycles. The van der Waals surface area contributed by atoms with Crippen LogP contribution >= 0.6 is 0 Å². The first-order valence-electron chi connectivity index (χ1n) is 7.10. The fourth-order valence-corrected chi connectivity index (χ4v) is 2.21. The van der Waals surface area contributed by atoms with Crippen molar-refractivity contribution in [2.75, 3.05) is 6.61 Å². The van der Waals surface area contributed by atoms with Gasteiger partial charge in [-0.3, -0.25) is 19.2 Å². The van der Waals surface area contributed by atoms with Crippen LogP contribution in [0, 0.1) is 0 Å². The van der Waals surface area contributed by atoms with E-state index in [0.717, 1.165) is 27.7 Å². The molecule has 136 valence electrons. The van der Waals surface area contributed by atoms with Gasteiger partial charge in [-0.2, -0.15) is 0 Å². The molecule has 0 aliphatic carbocycles. The molecule has 1 heterocycles. The fraction of sp³-hybridized carbons (Fsp3) is 0.714. The van der Waals surface area contributed by atoms with Gasteiger partial charge in [0.2, 0.25) is 0 Å². The predicted molar refractivity (Wildman–Crippen MR) is 74.2 cm³/mol. The highest BCUT2D eigenvalue weighted by Crippen LogP contribution is 2.28. The molecule has 1 fully saturated rings. The molecule has 10 heteroatoms. The molecule has 24 heavy (non-hydrogen) atoms. The molecule has 10 nitrogen and oxygen atoms in total. The first-order chi connectivity index (χ1) is 11.1. The molecule has 1 aliphatic heterocycles. The van der Waals surface area contributed by atoms with Gasteiger partial charge in [-0.1, -0.05) is 0 Å². The molecule has 0 amide bonds. The Kier molecular flexibility index (Phi) is 7.11. The maximum absolute atomic E-state index is 11.3. The van der Waals surface area contributed by atoms with E-state index in [1.807, 2.05) is 0 Å². The summed E-state index contributed by atoms with van der Waals surface area (Å²) >= 11 is 0. The highest BCUT2D eigenvalue weighted by Gasteiger charge is 2.51. The second-order valence-corrected chi connectivity index (χ2v) is 5.09. The molecule has 0 aromatic carbocycles. The van der Waals surface area contributed by atoms with E-state index in [0.29, 0.717) is 0 Å². The molecule has 0 spiro atoms. The van der Waals surface area contributed by atoms with E-state index in [4.69, 9.17) is 23.7 Å². The van der Waals surface area contributed by atoms with Gasteiger partial charge in [0.25, 0.3) is 0 Å². The molecule has 0 saturated carbocycles. The molecule has 0 aromatic rings. The van der Waals surface area contributed by atoms with Crippen molar-refractivity contribution in [1.82, 2.24) is 0 Å². The van der Waals surface area contributed by atoms with Crippen molar-refractivity contribution in [3.8, 4) is 0 Å². The molecule has 1 aliphatic rings. The lowest BCUT2D eigenvalue weighted by Crippen LogP contribution is -2.62. The lowest BCUT2D eigenvalue weighted by Gasteiger charge is -2.42. The maximum Gasteiger partial charge on any atom is 0.303 e. The minimum Gasteiger partial charge on any atom is -0.463 e. The monoisotopic (exact) mass is 348 g/mol. The average Bonchev–Trinajstić information content (AvgIpc) is 2.42. The standard InChI is InChI=1S/C14H20O10/c1-6(15)20-5-10-11(21-7(2)16)12(22-8(3)17)13(14(19)24-10)23-9(4)18/h10-14,19H,5H2,1-4H3/t10?,11-,12?,13?,14-/m0/s1. The highest BCUT2D eigenvalue weighted by molar-refractivity contribution is 5.68. The summed E-state index contributed by atoms with van der Waals surface area (Å²) in [6.07, 6.45) is -6.79. The number of aliphatic hydroxyl groups is 1. The summed E-state index contributed by atoms with van der Waals surface area (Å²) in [5, 5.41) is 10.0. The van der Waals surface area contributed by atoms with Crippen LogP contribution in [-0.4, -0.2) is 66.3 Å². The van der Waals surface area contributed by atoms with E-state index in [9.17, 15) is 24.3 Å². The van der Waals surface area contributed by atoms with Gasteiger partial charge in [0.15, 0.2) is 24.6 Å². The van der Waals surface area contributed by atoms with Gasteiger partial charge < -0.3 is 28.8 Å². The predicted octanol–water partition coefficient (Wildman–Crippen LogP) is -0.938. The first kappa shape index (κ1) is 19.8. The number of esters is 4. The van der Waals surface area contributed by atoms with E-state index < -0.39 is 54.6 Å². The van der Waals surface area contributed by atoms with Crippen molar-refractivity contribution in [1.29, 1.82) is 0 Å². The number of aliphatic hydroxyl groups excluding tert-OH is 1. The molecule has 5 atom stereocenters. The number of ether oxygens (including phenoxy) is 5. The highest BCUT2D eigenvalue weighted by atomic mass is 16.7. The number of hydrogen-bond acceptors (Lipinski definition) is 10.